The van der Waals surface area contributed by atoms with Crippen LogP contribution in [-0.4, -0.2) is 4.98 Å². The lowest BCUT2D eigenvalue weighted by Crippen LogP contribution is -1.79. The van der Waals surface area contributed by atoms with Crippen molar-refractivity contribution in [2.75, 3.05) is 0 Å². The highest BCUT2D eigenvalue weighted by atomic mass is 16.4. The minimum atomic E-state index is 0.633. The third-order valence-electron chi connectivity index (χ3n) is 3.97. The summed E-state index contributed by atoms with van der Waals surface area (Å²) >= 11 is 0. The van der Waals surface area contributed by atoms with Crippen LogP contribution in [0.2, 0.25) is 0 Å². The Kier molecular flexibility index (Phi) is 4.25. The van der Waals surface area contributed by atoms with Gasteiger partial charge in [0.15, 0.2) is 5.76 Å². The van der Waals surface area contributed by atoms with Crippen molar-refractivity contribution in [3.05, 3.63) is 102 Å². The van der Waals surface area contributed by atoms with Crippen LogP contribution >= 0.6 is 0 Å². The number of aromatic nitrogens is 1. The van der Waals surface area contributed by atoms with E-state index in [1.807, 2.05) is 60.7 Å². The van der Waals surface area contributed by atoms with Gasteiger partial charge in [0.05, 0.1) is 6.20 Å². The molecule has 1 heterocycles. The number of nitrogens with zero attached hydrogens (tertiary/aromatic N) is 1. The van der Waals surface area contributed by atoms with E-state index < -0.39 is 0 Å². The number of rotatable bonds is 4. The quantitative estimate of drug-likeness (QED) is 0.419. The van der Waals surface area contributed by atoms with Crippen LogP contribution < -0.4 is 0 Å². The van der Waals surface area contributed by atoms with Crippen LogP contribution in [0.15, 0.2) is 95.5 Å². The first-order valence-electron chi connectivity index (χ1n) is 8.23. The second-order valence-corrected chi connectivity index (χ2v) is 5.77. The highest BCUT2D eigenvalue weighted by molar-refractivity contribution is 5.72. The van der Waals surface area contributed by atoms with Crippen LogP contribution in [0, 0.1) is 0 Å². The van der Waals surface area contributed by atoms with Crippen molar-refractivity contribution in [2.24, 2.45) is 0 Å². The fraction of sp³-hybridized carbons (Fsp3) is 0. The Bertz CT molecular complexity index is 985. The molecule has 0 unspecified atom stereocenters. The van der Waals surface area contributed by atoms with Crippen molar-refractivity contribution in [3.8, 4) is 22.8 Å². The molecule has 25 heavy (non-hydrogen) atoms. The van der Waals surface area contributed by atoms with Gasteiger partial charge in [-0.3, -0.25) is 0 Å². The summed E-state index contributed by atoms with van der Waals surface area (Å²) in [7, 11) is 0. The summed E-state index contributed by atoms with van der Waals surface area (Å²) in [5.74, 6) is 1.41. The molecule has 0 atom stereocenters. The van der Waals surface area contributed by atoms with E-state index >= 15 is 0 Å². The van der Waals surface area contributed by atoms with Gasteiger partial charge in [-0.1, -0.05) is 84.9 Å². The Balaban J connectivity index is 1.60. The fourth-order valence-electron chi connectivity index (χ4n) is 2.68. The maximum Gasteiger partial charge on any atom is 0.226 e. The third kappa shape index (κ3) is 3.59. The van der Waals surface area contributed by atoms with Crippen LogP contribution in [-0.2, 0) is 0 Å². The molecule has 0 aliphatic heterocycles. The van der Waals surface area contributed by atoms with E-state index in [1.165, 1.54) is 5.56 Å². The van der Waals surface area contributed by atoms with Gasteiger partial charge in [0, 0.05) is 11.1 Å². The molecule has 0 radical (unpaired) electrons. The smallest absolute Gasteiger partial charge is 0.226 e. The van der Waals surface area contributed by atoms with Crippen LogP contribution in [0.25, 0.3) is 34.9 Å². The first-order chi connectivity index (χ1) is 12.4. The SMILES string of the molecule is C(=C\c1cccc(-c2ncc(-c3ccccc3)o2)c1)/c1ccccc1. The Morgan fingerprint density at radius 1 is 0.640 bits per heavy atom. The zero-order chi connectivity index (χ0) is 16.9. The highest BCUT2D eigenvalue weighted by Crippen LogP contribution is 2.26. The van der Waals surface area contributed by atoms with E-state index in [4.69, 9.17) is 4.42 Å². The topological polar surface area (TPSA) is 26.0 Å². The van der Waals surface area contributed by atoms with Gasteiger partial charge in [-0.05, 0) is 23.3 Å². The van der Waals surface area contributed by atoms with Crippen molar-refractivity contribution in [2.45, 2.75) is 0 Å². The van der Waals surface area contributed by atoms with Gasteiger partial charge in [-0.2, -0.15) is 0 Å². The zero-order valence-corrected chi connectivity index (χ0v) is 13.7. The van der Waals surface area contributed by atoms with E-state index in [0.717, 1.165) is 22.5 Å². The van der Waals surface area contributed by atoms with Crippen molar-refractivity contribution < 1.29 is 4.42 Å². The third-order valence-corrected chi connectivity index (χ3v) is 3.97. The maximum absolute atomic E-state index is 5.94. The molecule has 0 saturated heterocycles. The summed E-state index contributed by atoms with van der Waals surface area (Å²) < 4.78 is 5.94. The van der Waals surface area contributed by atoms with E-state index in [2.05, 4.69) is 41.4 Å². The van der Waals surface area contributed by atoms with Gasteiger partial charge < -0.3 is 4.42 Å². The summed E-state index contributed by atoms with van der Waals surface area (Å²) in [5, 5.41) is 0. The average Bonchev–Trinajstić information content (AvgIpc) is 3.18. The molecule has 3 aromatic carbocycles. The van der Waals surface area contributed by atoms with Gasteiger partial charge in [-0.25, -0.2) is 4.98 Å². The van der Waals surface area contributed by atoms with Crippen LogP contribution in [0.3, 0.4) is 0 Å². The first-order valence-corrected chi connectivity index (χ1v) is 8.23. The molecule has 2 nitrogen and oxygen atoms in total. The van der Waals surface area contributed by atoms with Crippen LogP contribution in [0.4, 0.5) is 0 Å². The fourth-order valence-corrected chi connectivity index (χ4v) is 2.68. The largest absolute Gasteiger partial charge is 0.436 e. The molecule has 1 aromatic heterocycles. The molecule has 2 heteroatoms. The second kappa shape index (κ2) is 7.02. The van der Waals surface area contributed by atoms with Gasteiger partial charge >= 0.3 is 0 Å². The lowest BCUT2D eigenvalue weighted by atomic mass is 10.1. The molecule has 4 aromatic rings. The summed E-state index contributed by atoms with van der Waals surface area (Å²) in [4.78, 5) is 4.43. The molecule has 0 aliphatic rings. The molecule has 0 bridgehead atoms. The number of hydrogen-bond acceptors (Lipinski definition) is 2. The van der Waals surface area contributed by atoms with Crippen LogP contribution in [0.1, 0.15) is 11.1 Å². The molecule has 0 saturated carbocycles. The number of benzene rings is 3. The highest BCUT2D eigenvalue weighted by Gasteiger charge is 2.08. The summed E-state index contributed by atoms with van der Waals surface area (Å²) in [6.45, 7) is 0. The van der Waals surface area contributed by atoms with Crippen molar-refractivity contribution in [1.82, 2.24) is 4.98 Å². The normalized spacial score (nSPS) is 11.0. The lowest BCUT2D eigenvalue weighted by Gasteiger charge is -1.99. The molecule has 0 amide bonds. The lowest BCUT2D eigenvalue weighted by molar-refractivity contribution is 0.589. The summed E-state index contributed by atoms with van der Waals surface area (Å²) in [5.41, 5.74) is 4.29. The predicted octanol–water partition coefficient (Wildman–Crippen LogP) is 6.18. The zero-order valence-electron chi connectivity index (χ0n) is 13.7. The maximum atomic E-state index is 5.94. The first kappa shape index (κ1) is 15.2. The van der Waals surface area contributed by atoms with Gasteiger partial charge in [-0.15, -0.1) is 0 Å². The van der Waals surface area contributed by atoms with E-state index in [9.17, 15) is 0 Å². The average molecular weight is 323 g/mol. The molecule has 0 N–H and O–H groups in total. The predicted molar refractivity (Wildman–Crippen MR) is 103 cm³/mol. The summed E-state index contributed by atoms with van der Waals surface area (Å²) in [6.07, 6.45) is 5.97. The standard InChI is InChI=1S/C23H17NO/c1-3-8-18(9-4-1)14-15-19-10-7-13-21(16-19)23-24-17-22(25-23)20-11-5-2-6-12-20/h1-17H/b15-14+. The monoisotopic (exact) mass is 323 g/mol. The Morgan fingerprint density at radius 3 is 2.08 bits per heavy atom. The van der Waals surface area contributed by atoms with Gasteiger partial charge in [0.2, 0.25) is 5.89 Å². The van der Waals surface area contributed by atoms with E-state index in [-0.39, 0.29) is 0 Å². The molecule has 120 valence electrons. The molecule has 0 spiro atoms. The van der Waals surface area contributed by atoms with Gasteiger partial charge in [0.1, 0.15) is 0 Å². The Labute approximate surface area is 147 Å². The Hall–Kier alpha value is -3.39. The van der Waals surface area contributed by atoms with E-state index in [0.29, 0.717) is 5.89 Å². The van der Waals surface area contributed by atoms with Crippen molar-refractivity contribution >= 4 is 12.2 Å². The molecular formula is C23H17NO. The number of hydrogen-bond donors (Lipinski definition) is 0. The Morgan fingerprint density at radius 2 is 1.28 bits per heavy atom. The minimum Gasteiger partial charge on any atom is -0.436 e. The van der Waals surface area contributed by atoms with Crippen molar-refractivity contribution in [3.63, 3.8) is 0 Å². The minimum absolute atomic E-state index is 0.633. The number of oxazole rings is 1. The molecule has 4 rings (SSSR count). The molecular weight excluding hydrogens is 306 g/mol. The van der Waals surface area contributed by atoms with E-state index in [1.54, 1.807) is 6.20 Å². The van der Waals surface area contributed by atoms with Gasteiger partial charge in [0.25, 0.3) is 0 Å². The summed E-state index contributed by atoms with van der Waals surface area (Å²) in [6, 6.07) is 28.5. The van der Waals surface area contributed by atoms with Crippen LogP contribution in [0.5, 0.6) is 0 Å². The second-order valence-electron chi connectivity index (χ2n) is 5.77. The molecule has 0 fully saturated rings. The molecule has 0 aliphatic carbocycles. The van der Waals surface area contributed by atoms with Crippen molar-refractivity contribution in [1.29, 1.82) is 0 Å².